The quantitative estimate of drug-likeness (QED) is 0.583. The third-order valence-electron chi connectivity index (χ3n) is 1.86. The lowest BCUT2D eigenvalue weighted by atomic mass is 10.0. The van der Waals surface area contributed by atoms with Crippen molar-refractivity contribution in [2.45, 2.75) is 17.4 Å². The van der Waals surface area contributed by atoms with E-state index in [1.165, 1.54) is 0 Å². The van der Waals surface area contributed by atoms with Gasteiger partial charge in [-0.15, -0.1) is 0 Å². The highest BCUT2D eigenvalue weighted by molar-refractivity contribution is 8.01. The largest absolute Gasteiger partial charge is 0.396 e. The van der Waals surface area contributed by atoms with Crippen LogP contribution in [0.25, 0.3) is 0 Å². The molecule has 1 rings (SSSR count). The summed E-state index contributed by atoms with van der Waals surface area (Å²) >= 11 is 1.75. The molecule has 0 aliphatic carbocycles. The smallest absolute Gasteiger partial charge is 0.0554 e. The number of thioether (sulfide) groups is 1. The van der Waals surface area contributed by atoms with Gasteiger partial charge in [0.2, 0.25) is 0 Å². The first-order valence-corrected chi connectivity index (χ1v) is 4.11. The van der Waals surface area contributed by atoms with Crippen LogP contribution in [0.4, 0.5) is 0 Å². The molecule has 2 nitrogen and oxygen atoms in total. The second kappa shape index (κ2) is 2.90. The van der Waals surface area contributed by atoms with Crippen LogP contribution in [-0.4, -0.2) is 33.9 Å². The molecule has 9 heavy (non-hydrogen) atoms. The molecule has 1 saturated heterocycles. The van der Waals surface area contributed by atoms with Gasteiger partial charge in [-0.25, -0.2) is 0 Å². The van der Waals surface area contributed by atoms with E-state index < -0.39 is 0 Å². The summed E-state index contributed by atoms with van der Waals surface area (Å²) in [7, 11) is 0. The van der Waals surface area contributed by atoms with Gasteiger partial charge in [-0.3, -0.25) is 0 Å². The Balaban J connectivity index is 2.29. The van der Waals surface area contributed by atoms with Gasteiger partial charge in [0.1, 0.15) is 0 Å². The molecule has 3 unspecified atom stereocenters. The third-order valence-corrected chi connectivity index (χ3v) is 3.49. The van der Waals surface area contributed by atoms with E-state index >= 15 is 0 Å². The van der Waals surface area contributed by atoms with Gasteiger partial charge in [0, 0.05) is 23.0 Å². The minimum absolute atomic E-state index is 0.209. The molecule has 1 aliphatic rings. The summed E-state index contributed by atoms with van der Waals surface area (Å²) < 4.78 is 0. The summed E-state index contributed by atoms with van der Waals surface area (Å²) in [5, 5.41) is 18.2. The van der Waals surface area contributed by atoms with Crippen molar-refractivity contribution in [2.24, 2.45) is 5.92 Å². The minimum atomic E-state index is 0.209. The van der Waals surface area contributed by atoms with Crippen LogP contribution in [0.5, 0.6) is 0 Å². The average molecular weight is 148 g/mol. The number of rotatable bonds is 2. The van der Waals surface area contributed by atoms with Gasteiger partial charge in [0.05, 0.1) is 6.61 Å². The zero-order chi connectivity index (χ0) is 6.85. The van der Waals surface area contributed by atoms with E-state index in [4.69, 9.17) is 10.2 Å². The second-order valence-electron chi connectivity index (χ2n) is 2.41. The Morgan fingerprint density at radius 1 is 1.33 bits per heavy atom. The molecule has 1 heterocycles. The highest BCUT2D eigenvalue weighted by atomic mass is 32.2. The Hall–Kier alpha value is 0.270. The summed E-state index contributed by atoms with van der Waals surface area (Å²) in [6.07, 6.45) is 0. The van der Waals surface area contributed by atoms with Crippen molar-refractivity contribution in [2.75, 3.05) is 13.2 Å². The highest BCUT2D eigenvalue weighted by Gasteiger charge is 2.37. The fourth-order valence-electron chi connectivity index (χ4n) is 1.13. The van der Waals surface area contributed by atoms with Gasteiger partial charge >= 0.3 is 0 Å². The number of hydrogen-bond acceptors (Lipinski definition) is 3. The summed E-state index contributed by atoms with van der Waals surface area (Å²) in [5.74, 6) is 0.333. The highest BCUT2D eigenvalue weighted by Crippen LogP contribution is 2.41. The Kier molecular flexibility index (Phi) is 2.38. The van der Waals surface area contributed by atoms with E-state index in [0.29, 0.717) is 16.4 Å². The van der Waals surface area contributed by atoms with E-state index in [9.17, 15) is 0 Å². The molecule has 54 valence electrons. The van der Waals surface area contributed by atoms with Crippen LogP contribution in [0, 0.1) is 5.92 Å². The normalized spacial score (nSPS) is 42.3. The average Bonchev–Trinajstić information content (AvgIpc) is 1.83. The molecule has 0 aromatic heterocycles. The summed E-state index contributed by atoms with van der Waals surface area (Å²) in [6.45, 7) is 2.51. The second-order valence-corrected chi connectivity index (χ2v) is 4.03. The van der Waals surface area contributed by atoms with E-state index in [0.717, 1.165) is 0 Å². The molecular formula is C6H12O2S. The summed E-state index contributed by atoms with van der Waals surface area (Å²) in [5.41, 5.74) is 0. The first kappa shape index (κ1) is 7.38. The van der Waals surface area contributed by atoms with Crippen LogP contribution in [0.1, 0.15) is 6.92 Å². The predicted molar refractivity (Wildman–Crippen MR) is 38.5 cm³/mol. The SMILES string of the molecule is CC1SC(CO)C1CO. The van der Waals surface area contributed by atoms with Crippen molar-refractivity contribution in [1.29, 1.82) is 0 Å². The summed E-state index contributed by atoms with van der Waals surface area (Å²) in [4.78, 5) is 0. The molecule has 0 bridgehead atoms. The molecule has 0 amide bonds. The first-order chi connectivity index (χ1) is 4.29. The van der Waals surface area contributed by atoms with E-state index in [1.807, 2.05) is 0 Å². The van der Waals surface area contributed by atoms with E-state index in [1.54, 1.807) is 11.8 Å². The fourth-order valence-corrected chi connectivity index (χ4v) is 2.50. The van der Waals surface area contributed by atoms with E-state index in [-0.39, 0.29) is 13.2 Å². The zero-order valence-corrected chi connectivity index (χ0v) is 6.27. The van der Waals surface area contributed by atoms with Gasteiger partial charge in [0.25, 0.3) is 0 Å². The molecule has 0 aromatic carbocycles. The van der Waals surface area contributed by atoms with Gasteiger partial charge in [0.15, 0.2) is 0 Å². The molecule has 0 spiro atoms. The van der Waals surface area contributed by atoms with Gasteiger partial charge in [-0.05, 0) is 0 Å². The molecule has 3 heteroatoms. The lowest BCUT2D eigenvalue weighted by Gasteiger charge is -2.40. The predicted octanol–water partition coefficient (Wildman–Crippen LogP) is 0.0911. The molecule has 3 atom stereocenters. The third kappa shape index (κ3) is 1.23. The first-order valence-electron chi connectivity index (χ1n) is 3.16. The zero-order valence-electron chi connectivity index (χ0n) is 5.45. The number of aliphatic hydroxyl groups excluding tert-OH is 2. The lowest BCUT2D eigenvalue weighted by molar-refractivity contribution is 0.176. The van der Waals surface area contributed by atoms with Crippen LogP contribution >= 0.6 is 11.8 Å². The molecule has 2 N–H and O–H groups in total. The van der Waals surface area contributed by atoms with Crippen molar-refractivity contribution in [3.8, 4) is 0 Å². The Labute approximate surface area is 59.3 Å². The lowest BCUT2D eigenvalue weighted by Crippen LogP contribution is -2.42. The molecule has 0 radical (unpaired) electrons. The van der Waals surface area contributed by atoms with Crippen LogP contribution < -0.4 is 0 Å². The molecule has 1 fully saturated rings. The monoisotopic (exact) mass is 148 g/mol. The van der Waals surface area contributed by atoms with Gasteiger partial charge < -0.3 is 10.2 Å². The van der Waals surface area contributed by atoms with Crippen LogP contribution in [0.3, 0.4) is 0 Å². The number of aliphatic hydroxyl groups is 2. The summed E-state index contributed by atoms with van der Waals surface area (Å²) in [6, 6.07) is 0. The fraction of sp³-hybridized carbons (Fsp3) is 1.00. The molecule has 0 saturated carbocycles. The van der Waals surface area contributed by atoms with Crippen molar-refractivity contribution >= 4 is 11.8 Å². The van der Waals surface area contributed by atoms with Crippen LogP contribution in [0.15, 0.2) is 0 Å². The van der Waals surface area contributed by atoms with Crippen molar-refractivity contribution in [3.63, 3.8) is 0 Å². The molecular weight excluding hydrogens is 136 g/mol. The topological polar surface area (TPSA) is 40.5 Å². The Bertz CT molecular complexity index is 97.1. The Morgan fingerprint density at radius 3 is 2.22 bits per heavy atom. The van der Waals surface area contributed by atoms with Crippen LogP contribution in [-0.2, 0) is 0 Å². The van der Waals surface area contributed by atoms with Gasteiger partial charge in [-0.1, -0.05) is 6.92 Å². The maximum Gasteiger partial charge on any atom is 0.0554 e. The Morgan fingerprint density at radius 2 is 2.00 bits per heavy atom. The van der Waals surface area contributed by atoms with Crippen LogP contribution in [0.2, 0.25) is 0 Å². The maximum absolute atomic E-state index is 8.73. The van der Waals surface area contributed by atoms with Gasteiger partial charge in [-0.2, -0.15) is 11.8 Å². The van der Waals surface area contributed by atoms with Crippen molar-refractivity contribution < 1.29 is 10.2 Å². The minimum Gasteiger partial charge on any atom is -0.396 e. The molecule has 1 aliphatic heterocycles. The number of hydrogen-bond donors (Lipinski definition) is 2. The van der Waals surface area contributed by atoms with E-state index in [2.05, 4.69) is 6.92 Å². The standard InChI is InChI=1S/C6H12O2S/c1-4-5(2-7)6(3-8)9-4/h4-8H,2-3H2,1H3. The maximum atomic E-state index is 8.73. The van der Waals surface area contributed by atoms with Crippen molar-refractivity contribution in [1.82, 2.24) is 0 Å². The van der Waals surface area contributed by atoms with Crippen molar-refractivity contribution in [3.05, 3.63) is 0 Å². The molecule has 0 aromatic rings.